The number of rotatable bonds is 3. The Balaban J connectivity index is 1.48. The molecule has 1 aromatic heterocycles. The van der Waals surface area contributed by atoms with Gasteiger partial charge in [-0.2, -0.15) is 0 Å². The number of halogens is 2. The molecule has 5 rings (SSSR count). The molecule has 168 valence electrons. The molecule has 1 aromatic carbocycles. The Kier molecular flexibility index (Phi) is 4.61. The van der Waals surface area contributed by atoms with E-state index in [1.54, 1.807) is 11.8 Å². The molecule has 2 bridgehead atoms. The number of amides is 2. The third-order valence-corrected chi connectivity index (χ3v) is 6.98. The van der Waals surface area contributed by atoms with Gasteiger partial charge in [-0.15, -0.1) is 0 Å². The van der Waals surface area contributed by atoms with E-state index in [2.05, 4.69) is 5.32 Å². The largest absolute Gasteiger partial charge is 0.503 e. The minimum atomic E-state index is -0.975. The summed E-state index contributed by atoms with van der Waals surface area (Å²) in [7, 11) is 0. The number of fused-ring (bicyclic) bond motifs is 5. The zero-order valence-corrected chi connectivity index (χ0v) is 17.6. The van der Waals surface area contributed by atoms with Gasteiger partial charge in [-0.25, -0.2) is 8.78 Å². The second-order valence-corrected chi connectivity index (χ2v) is 9.05. The van der Waals surface area contributed by atoms with E-state index in [1.807, 2.05) is 0 Å². The fraction of sp³-hybridized carbons (Fsp3) is 0.435. The first kappa shape index (κ1) is 20.7. The van der Waals surface area contributed by atoms with E-state index in [0.717, 1.165) is 44.2 Å². The molecule has 0 radical (unpaired) electrons. The van der Waals surface area contributed by atoms with E-state index in [1.165, 1.54) is 10.8 Å². The number of benzene rings is 1. The van der Waals surface area contributed by atoms with Crippen molar-refractivity contribution in [2.75, 3.05) is 6.54 Å². The molecule has 9 heteroatoms. The van der Waals surface area contributed by atoms with Crippen LogP contribution in [-0.2, 0) is 6.54 Å². The quantitative estimate of drug-likeness (QED) is 0.763. The van der Waals surface area contributed by atoms with Crippen LogP contribution in [0, 0.1) is 18.6 Å². The summed E-state index contributed by atoms with van der Waals surface area (Å²) >= 11 is 0. The summed E-state index contributed by atoms with van der Waals surface area (Å²) in [5, 5.41) is 13.0. The van der Waals surface area contributed by atoms with Crippen molar-refractivity contribution in [3.8, 4) is 5.75 Å². The Morgan fingerprint density at radius 1 is 1.22 bits per heavy atom. The van der Waals surface area contributed by atoms with Crippen molar-refractivity contribution in [3.63, 3.8) is 0 Å². The number of aromatic nitrogens is 1. The maximum absolute atomic E-state index is 14.1. The predicted molar refractivity (Wildman–Crippen MR) is 111 cm³/mol. The Labute approximate surface area is 182 Å². The normalized spacial score (nSPS) is 20.7. The first-order valence-corrected chi connectivity index (χ1v) is 10.7. The van der Waals surface area contributed by atoms with Crippen molar-refractivity contribution in [2.24, 2.45) is 0 Å². The summed E-state index contributed by atoms with van der Waals surface area (Å²) in [6.45, 7) is 1.55. The van der Waals surface area contributed by atoms with Crippen molar-refractivity contribution >= 4 is 11.8 Å². The lowest BCUT2D eigenvalue weighted by Gasteiger charge is -2.38. The second kappa shape index (κ2) is 7.15. The lowest BCUT2D eigenvalue weighted by atomic mass is 10.1. The molecule has 1 spiro atoms. The molecule has 32 heavy (non-hydrogen) atoms. The van der Waals surface area contributed by atoms with Crippen molar-refractivity contribution in [2.45, 2.75) is 57.2 Å². The highest BCUT2D eigenvalue weighted by molar-refractivity contribution is 5.99. The van der Waals surface area contributed by atoms with E-state index in [0.29, 0.717) is 12.1 Å². The van der Waals surface area contributed by atoms with E-state index < -0.39 is 41.2 Å². The zero-order chi connectivity index (χ0) is 22.8. The molecule has 1 unspecified atom stereocenters. The number of aromatic hydroxyl groups is 1. The number of pyridine rings is 1. The van der Waals surface area contributed by atoms with Crippen LogP contribution in [0.4, 0.5) is 8.78 Å². The number of aryl methyl sites for hydroxylation is 1. The molecule has 1 saturated heterocycles. The topological polar surface area (TPSA) is 91.6 Å². The maximum atomic E-state index is 14.1. The molecule has 2 aromatic rings. The van der Waals surface area contributed by atoms with Crippen molar-refractivity contribution in [1.82, 2.24) is 14.8 Å². The first-order chi connectivity index (χ1) is 15.2. The van der Waals surface area contributed by atoms with Gasteiger partial charge in [0.25, 0.3) is 11.8 Å². The summed E-state index contributed by atoms with van der Waals surface area (Å²) in [6, 6.07) is 2.15. The van der Waals surface area contributed by atoms with Gasteiger partial charge in [-0.1, -0.05) is 0 Å². The van der Waals surface area contributed by atoms with Gasteiger partial charge >= 0.3 is 0 Å². The van der Waals surface area contributed by atoms with Crippen LogP contribution in [0.2, 0.25) is 0 Å². The van der Waals surface area contributed by atoms with Gasteiger partial charge in [0.05, 0.1) is 6.04 Å². The van der Waals surface area contributed by atoms with E-state index in [-0.39, 0.29) is 28.4 Å². The third-order valence-electron chi connectivity index (χ3n) is 6.98. The minimum absolute atomic E-state index is 0.0911. The number of hydrogen-bond acceptors (Lipinski definition) is 4. The number of nitrogens with one attached hydrogen (secondary N) is 1. The average molecular weight is 443 g/mol. The van der Waals surface area contributed by atoms with E-state index in [9.17, 15) is 28.3 Å². The summed E-state index contributed by atoms with van der Waals surface area (Å²) < 4.78 is 29.7. The van der Waals surface area contributed by atoms with Gasteiger partial charge in [0, 0.05) is 30.4 Å². The summed E-state index contributed by atoms with van der Waals surface area (Å²) in [4.78, 5) is 40.4. The molecule has 3 heterocycles. The SMILES string of the molecule is Cc1cc(F)c(CNC(=O)c2cn3c(c(O)c2=O)C(=O)N2CC3CCCC23CC3)c(F)c1. The summed E-state index contributed by atoms with van der Waals surface area (Å²) in [6.07, 6.45) is 5.66. The van der Waals surface area contributed by atoms with E-state index in [4.69, 9.17) is 0 Å². The van der Waals surface area contributed by atoms with Crippen molar-refractivity contribution < 1.29 is 23.5 Å². The van der Waals surface area contributed by atoms with Crippen LogP contribution in [0.3, 0.4) is 0 Å². The molecule has 2 amide bonds. The highest BCUT2D eigenvalue weighted by atomic mass is 19.1. The van der Waals surface area contributed by atoms with Crippen molar-refractivity contribution in [3.05, 3.63) is 62.6 Å². The summed E-state index contributed by atoms with van der Waals surface area (Å²) in [5.41, 5.74) is -1.52. The van der Waals surface area contributed by atoms with Crippen LogP contribution in [0.5, 0.6) is 5.75 Å². The maximum Gasteiger partial charge on any atom is 0.275 e. The number of nitrogens with zero attached hydrogens (tertiary/aromatic N) is 2. The standard InChI is InChI=1S/C23H23F2N3O4/c1-12-7-16(24)14(17(25)8-12)9-26-21(31)15-11-27-13-3-2-4-23(5-6-23)28(10-13)22(32)18(27)20(30)19(15)29/h7-8,11,13,30H,2-6,9-10H2,1H3,(H,26,31). The lowest BCUT2D eigenvalue weighted by Crippen LogP contribution is -2.49. The van der Waals surface area contributed by atoms with Gasteiger partial charge in [0.2, 0.25) is 5.43 Å². The molecular formula is C23H23F2N3O4. The predicted octanol–water partition coefficient (Wildman–Crippen LogP) is 2.78. The number of carbonyl (C=O) groups excluding carboxylic acids is 2. The number of hydrogen-bond donors (Lipinski definition) is 2. The van der Waals surface area contributed by atoms with Gasteiger partial charge in [0.1, 0.15) is 17.2 Å². The monoisotopic (exact) mass is 443 g/mol. The van der Waals surface area contributed by atoms with Gasteiger partial charge in [-0.3, -0.25) is 14.4 Å². The molecule has 1 atom stereocenters. The van der Waals surface area contributed by atoms with Gasteiger partial charge in [0.15, 0.2) is 11.4 Å². The molecule has 7 nitrogen and oxygen atoms in total. The smallest absolute Gasteiger partial charge is 0.275 e. The van der Waals surface area contributed by atoms with Crippen LogP contribution in [0.25, 0.3) is 0 Å². The summed E-state index contributed by atoms with van der Waals surface area (Å²) in [5.74, 6) is -3.63. The first-order valence-electron chi connectivity index (χ1n) is 10.7. The van der Waals surface area contributed by atoms with Crippen molar-refractivity contribution in [1.29, 1.82) is 0 Å². The molecule has 3 aliphatic rings. The Morgan fingerprint density at radius 2 is 1.91 bits per heavy atom. The lowest BCUT2D eigenvalue weighted by molar-refractivity contribution is 0.0556. The van der Waals surface area contributed by atoms with E-state index >= 15 is 0 Å². The van der Waals surface area contributed by atoms with Crippen LogP contribution >= 0.6 is 0 Å². The van der Waals surface area contributed by atoms with Crippen LogP contribution in [0.15, 0.2) is 23.1 Å². The second-order valence-electron chi connectivity index (χ2n) is 9.05. The molecule has 2 aliphatic heterocycles. The fourth-order valence-electron chi connectivity index (χ4n) is 5.06. The molecular weight excluding hydrogens is 420 g/mol. The molecule has 1 saturated carbocycles. The molecule has 1 aliphatic carbocycles. The third kappa shape index (κ3) is 3.10. The molecule has 2 N–H and O–H groups in total. The Bertz CT molecular complexity index is 1200. The van der Waals surface area contributed by atoms with Crippen LogP contribution in [0.1, 0.15) is 70.1 Å². The average Bonchev–Trinajstić information content (AvgIpc) is 3.53. The minimum Gasteiger partial charge on any atom is -0.503 e. The van der Waals surface area contributed by atoms with Gasteiger partial charge in [-0.05, 0) is 56.7 Å². The van der Waals surface area contributed by atoms with Gasteiger partial charge < -0.3 is 19.9 Å². The highest BCUT2D eigenvalue weighted by Crippen LogP contribution is 2.51. The fourth-order valence-corrected chi connectivity index (χ4v) is 5.06. The Hall–Kier alpha value is -3.23. The highest BCUT2D eigenvalue weighted by Gasteiger charge is 2.54. The van der Waals surface area contributed by atoms with Crippen LogP contribution < -0.4 is 10.7 Å². The molecule has 2 fully saturated rings. The zero-order valence-electron chi connectivity index (χ0n) is 17.6. The number of carbonyl (C=O) groups is 2. The Morgan fingerprint density at radius 3 is 2.56 bits per heavy atom. The van der Waals surface area contributed by atoms with Crippen LogP contribution in [-0.4, -0.2) is 38.5 Å².